The molecule has 2 aromatic rings. The molecule has 0 aromatic heterocycles. The van der Waals surface area contributed by atoms with E-state index in [1.165, 1.54) is 0 Å². The Hall–Kier alpha value is -2.20. The smallest absolute Gasteiger partial charge is 0.342 e. The second kappa shape index (κ2) is 9.14. The largest absolute Gasteiger partial charge is 0.458 e. The number of nitrogens with zero attached hydrogens (tertiary/aromatic N) is 1. The molecule has 0 spiro atoms. The Morgan fingerprint density at radius 3 is 2.04 bits per heavy atom. The summed E-state index contributed by atoms with van der Waals surface area (Å²) in [6.07, 6.45) is -1.72. The lowest BCUT2D eigenvalue weighted by Crippen LogP contribution is -2.45. The number of hydrogen-bond acceptors (Lipinski definition) is 3. The Balaban J connectivity index is 2.26. The number of hydrogen-bond donors (Lipinski definition) is 0. The van der Waals surface area contributed by atoms with Crippen molar-refractivity contribution in [1.29, 1.82) is 0 Å². The van der Waals surface area contributed by atoms with E-state index in [1.807, 2.05) is 72.5 Å². The molecule has 2 rings (SSSR count). The Kier molecular flexibility index (Phi) is 7.14. The maximum absolute atomic E-state index is 15.0. The van der Waals surface area contributed by atoms with Crippen molar-refractivity contribution in [1.82, 2.24) is 4.90 Å². The van der Waals surface area contributed by atoms with Gasteiger partial charge in [0, 0.05) is 18.6 Å². The van der Waals surface area contributed by atoms with Gasteiger partial charge in [-0.1, -0.05) is 60.7 Å². The minimum Gasteiger partial charge on any atom is -0.458 e. The lowest BCUT2D eigenvalue weighted by Gasteiger charge is -2.36. The molecular formula is C23H30FNO2. The molecule has 0 heterocycles. The Morgan fingerprint density at radius 2 is 1.52 bits per heavy atom. The molecule has 2 aromatic carbocycles. The molecule has 0 unspecified atom stereocenters. The monoisotopic (exact) mass is 371 g/mol. The highest BCUT2D eigenvalue weighted by molar-refractivity contribution is 5.75. The fourth-order valence-electron chi connectivity index (χ4n) is 3.07. The van der Waals surface area contributed by atoms with Crippen LogP contribution in [0.2, 0.25) is 0 Å². The van der Waals surface area contributed by atoms with Crippen LogP contribution in [0, 0.1) is 0 Å². The van der Waals surface area contributed by atoms with Gasteiger partial charge in [0.25, 0.3) is 0 Å². The minimum absolute atomic E-state index is 0.0536. The zero-order valence-corrected chi connectivity index (χ0v) is 16.9. The van der Waals surface area contributed by atoms with Gasteiger partial charge in [0.15, 0.2) is 0 Å². The Labute approximate surface area is 162 Å². The van der Waals surface area contributed by atoms with E-state index >= 15 is 4.39 Å². The van der Waals surface area contributed by atoms with E-state index in [4.69, 9.17) is 4.74 Å². The van der Waals surface area contributed by atoms with Crippen LogP contribution < -0.4 is 0 Å². The molecule has 0 amide bonds. The third kappa shape index (κ3) is 6.17. The molecular weight excluding hydrogens is 341 g/mol. The van der Waals surface area contributed by atoms with Crippen molar-refractivity contribution >= 4 is 5.97 Å². The van der Waals surface area contributed by atoms with Gasteiger partial charge in [-0.25, -0.2) is 9.18 Å². The van der Waals surface area contributed by atoms with Crippen molar-refractivity contribution in [2.75, 3.05) is 0 Å². The summed E-state index contributed by atoms with van der Waals surface area (Å²) in [7, 11) is 0. The Morgan fingerprint density at radius 1 is 1.00 bits per heavy atom. The molecule has 0 aliphatic rings. The van der Waals surface area contributed by atoms with Crippen LogP contribution in [0.25, 0.3) is 0 Å². The second-order valence-electron chi connectivity index (χ2n) is 7.92. The quantitative estimate of drug-likeness (QED) is 0.617. The van der Waals surface area contributed by atoms with E-state index in [2.05, 4.69) is 0 Å². The molecule has 0 radical (unpaired) electrons. The summed E-state index contributed by atoms with van der Waals surface area (Å²) in [6, 6.07) is 19.2. The van der Waals surface area contributed by atoms with Crippen LogP contribution in [-0.2, 0) is 16.1 Å². The fourth-order valence-corrected chi connectivity index (χ4v) is 3.07. The summed E-state index contributed by atoms with van der Waals surface area (Å²) in [5.74, 6) is -0.812. The summed E-state index contributed by atoms with van der Waals surface area (Å²) in [5.41, 5.74) is 1.44. The van der Waals surface area contributed by atoms with Crippen LogP contribution in [0.4, 0.5) is 4.39 Å². The van der Waals surface area contributed by atoms with Crippen LogP contribution in [0.3, 0.4) is 0 Å². The van der Waals surface area contributed by atoms with Crippen molar-refractivity contribution in [3.05, 3.63) is 71.8 Å². The van der Waals surface area contributed by atoms with Gasteiger partial charge in [0.1, 0.15) is 5.60 Å². The van der Waals surface area contributed by atoms with Crippen LogP contribution in [-0.4, -0.2) is 28.7 Å². The van der Waals surface area contributed by atoms with Crippen molar-refractivity contribution < 1.29 is 13.9 Å². The van der Waals surface area contributed by atoms with Crippen LogP contribution in [0.1, 0.15) is 51.8 Å². The minimum atomic E-state index is -1.72. The number of carbonyl (C=O) groups is 1. The first-order valence-corrected chi connectivity index (χ1v) is 9.40. The van der Waals surface area contributed by atoms with Crippen LogP contribution >= 0.6 is 0 Å². The highest BCUT2D eigenvalue weighted by Crippen LogP contribution is 2.27. The van der Waals surface area contributed by atoms with E-state index in [-0.39, 0.29) is 6.04 Å². The number of rotatable bonds is 7. The zero-order chi connectivity index (χ0) is 20.0. The zero-order valence-electron chi connectivity index (χ0n) is 16.9. The number of halogens is 1. The predicted octanol–water partition coefficient (Wildman–Crippen LogP) is 5.32. The highest BCUT2D eigenvalue weighted by atomic mass is 19.1. The molecule has 4 heteroatoms. The number of alkyl halides is 1. The number of benzene rings is 2. The molecule has 0 aliphatic heterocycles. The lowest BCUT2D eigenvalue weighted by atomic mass is 10.0. The van der Waals surface area contributed by atoms with E-state index in [1.54, 1.807) is 27.7 Å². The third-order valence-corrected chi connectivity index (χ3v) is 4.57. The van der Waals surface area contributed by atoms with Gasteiger partial charge in [-0.05, 0) is 45.7 Å². The van der Waals surface area contributed by atoms with Gasteiger partial charge < -0.3 is 4.74 Å². The second-order valence-corrected chi connectivity index (χ2v) is 7.92. The molecule has 146 valence electrons. The first kappa shape index (κ1) is 21.1. The number of esters is 1. The van der Waals surface area contributed by atoms with Gasteiger partial charge in [-0.2, -0.15) is 0 Å². The fraction of sp³-hybridized carbons (Fsp3) is 0.435. The summed E-state index contributed by atoms with van der Waals surface area (Å²) in [5, 5.41) is 0. The van der Waals surface area contributed by atoms with Gasteiger partial charge in [0.05, 0.1) is 0 Å². The molecule has 0 N–H and O–H groups in total. The molecule has 0 saturated carbocycles. The molecule has 0 fully saturated rings. The molecule has 3 nitrogen and oxygen atoms in total. The standard InChI is InChI=1S/C23H30FNO2/c1-17(20-14-10-7-11-15-20)25(16-19-12-8-6-9-13-19)18(2)21(24)22(26)27-23(3,4)5/h6-15,17-18,21H,16H2,1-5H3/t17-,18-,21-/m0/s1. The normalized spacial score (nSPS) is 15.2. The summed E-state index contributed by atoms with van der Waals surface area (Å²) in [4.78, 5) is 14.3. The van der Waals surface area contributed by atoms with Crippen molar-refractivity contribution in [2.24, 2.45) is 0 Å². The summed E-state index contributed by atoms with van der Waals surface area (Å²) in [6.45, 7) is 9.57. The molecule has 0 bridgehead atoms. The number of carbonyl (C=O) groups excluding carboxylic acids is 1. The maximum atomic E-state index is 15.0. The van der Waals surface area contributed by atoms with E-state index in [9.17, 15) is 4.79 Å². The van der Waals surface area contributed by atoms with E-state index in [0.717, 1.165) is 11.1 Å². The van der Waals surface area contributed by atoms with Gasteiger partial charge in [0.2, 0.25) is 6.17 Å². The van der Waals surface area contributed by atoms with E-state index in [0.29, 0.717) is 6.54 Å². The van der Waals surface area contributed by atoms with Crippen molar-refractivity contribution in [3.8, 4) is 0 Å². The topological polar surface area (TPSA) is 29.5 Å². The third-order valence-electron chi connectivity index (χ3n) is 4.57. The van der Waals surface area contributed by atoms with Crippen molar-refractivity contribution in [3.63, 3.8) is 0 Å². The SMILES string of the molecule is C[C@@H](c1ccccc1)N(Cc1ccccc1)[C@@H](C)[C@H](F)C(=O)OC(C)(C)C. The highest BCUT2D eigenvalue weighted by Gasteiger charge is 2.35. The molecule has 3 atom stereocenters. The number of ether oxygens (including phenoxy) is 1. The summed E-state index contributed by atoms with van der Waals surface area (Å²) < 4.78 is 20.3. The average molecular weight is 371 g/mol. The van der Waals surface area contributed by atoms with Gasteiger partial charge in [-0.15, -0.1) is 0 Å². The van der Waals surface area contributed by atoms with Crippen molar-refractivity contribution in [2.45, 2.75) is 65.0 Å². The summed E-state index contributed by atoms with van der Waals surface area (Å²) >= 11 is 0. The molecule has 27 heavy (non-hydrogen) atoms. The van der Waals surface area contributed by atoms with E-state index < -0.39 is 23.8 Å². The molecule has 0 saturated heterocycles. The van der Waals surface area contributed by atoms with Gasteiger partial charge in [-0.3, -0.25) is 4.90 Å². The molecule has 0 aliphatic carbocycles. The van der Waals surface area contributed by atoms with Gasteiger partial charge >= 0.3 is 5.97 Å². The van der Waals surface area contributed by atoms with Crippen LogP contribution in [0.15, 0.2) is 60.7 Å². The first-order chi connectivity index (χ1) is 12.7. The Bertz CT molecular complexity index is 712. The average Bonchev–Trinajstić information content (AvgIpc) is 2.64. The first-order valence-electron chi connectivity index (χ1n) is 9.40. The van der Waals surface area contributed by atoms with Crippen LogP contribution in [0.5, 0.6) is 0 Å². The maximum Gasteiger partial charge on any atom is 0.342 e. The predicted molar refractivity (Wildman–Crippen MR) is 107 cm³/mol. The lowest BCUT2D eigenvalue weighted by molar-refractivity contribution is -0.164.